The van der Waals surface area contributed by atoms with Crippen LogP contribution in [0.25, 0.3) is 10.9 Å². The van der Waals surface area contributed by atoms with Crippen molar-refractivity contribution in [1.82, 2.24) is 14.9 Å². The van der Waals surface area contributed by atoms with Crippen molar-refractivity contribution in [2.45, 2.75) is 64.2 Å². The summed E-state index contributed by atoms with van der Waals surface area (Å²) in [5.74, 6) is 0.235. The first kappa shape index (κ1) is 19.5. The quantitative estimate of drug-likeness (QED) is 0.574. The molecule has 0 aliphatic heterocycles. The Morgan fingerprint density at radius 3 is 2.68 bits per heavy atom. The van der Waals surface area contributed by atoms with E-state index in [1.54, 1.807) is 10.6 Å². The van der Waals surface area contributed by atoms with Crippen LogP contribution >= 0.6 is 11.8 Å². The van der Waals surface area contributed by atoms with Crippen molar-refractivity contribution in [2.24, 2.45) is 0 Å². The lowest BCUT2D eigenvalue weighted by molar-refractivity contribution is -0.119. The molecule has 0 bridgehead atoms. The summed E-state index contributed by atoms with van der Waals surface area (Å²) < 4.78 is 1.72. The highest BCUT2D eigenvalue weighted by Crippen LogP contribution is 2.22. The summed E-state index contributed by atoms with van der Waals surface area (Å²) in [7, 11) is 0. The summed E-state index contributed by atoms with van der Waals surface area (Å²) in [5, 5.41) is 4.22. The van der Waals surface area contributed by atoms with E-state index in [0.29, 0.717) is 16.1 Å². The van der Waals surface area contributed by atoms with Gasteiger partial charge in [-0.1, -0.05) is 44.2 Å². The van der Waals surface area contributed by atoms with Crippen LogP contribution in [0.5, 0.6) is 0 Å². The maximum absolute atomic E-state index is 12.9. The van der Waals surface area contributed by atoms with E-state index in [9.17, 15) is 9.59 Å². The summed E-state index contributed by atoms with van der Waals surface area (Å²) in [5.41, 5.74) is 0.636. The molecule has 25 heavy (non-hydrogen) atoms. The second-order valence-corrected chi connectivity index (χ2v) is 7.33. The summed E-state index contributed by atoms with van der Waals surface area (Å²) in [6.45, 7) is 8.15. The van der Waals surface area contributed by atoms with Gasteiger partial charge >= 0.3 is 0 Å². The van der Waals surface area contributed by atoms with Crippen molar-refractivity contribution >= 4 is 28.6 Å². The monoisotopic (exact) mass is 361 g/mol. The topological polar surface area (TPSA) is 64.0 Å². The Hall–Kier alpha value is -1.82. The first-order valence-electron chi connectivity index (χ1n) is 8.91. The standard InChI is InChI=1S/C19H27N3O2S/c1-5-9-13(3)20-17(23)12-25-19-21-16-11-8-7-10-15(16)18(24)22(19)14(4)6-2/h7-8,10-11,13-14H,5-6,9,12H2,1-4H3,(H,20,23)/t13-,14+/m0/s1. The van der Waals surface area contributed by atoms with Gasteiger partial charge in [-0.3, -0.25) is 14.2 Å². The Labute approximate surface area is 153 Å². The Bertz CT molecular complexity index is 788. The van der Waals surface area contributed by atoms with Gasteiger partial charge in [0.1, 0.15) is 0 Å². The van der Waals surface area contributed by atoms with Gasteiger partial charge in [-0.05, 0) is 38.8 Å². The van der Waals surface area contributed by atoms with Crippen LogP contribution in [0.15, 0.2) is 34.2 Å². The number of hydrogen-bond donors (Lipinski definition) is 1. The van der Waals surface area contributed by atoms with Crippen LogP contribution in [-0.4, -0.2) is 27.3 Å². The Morgan fingerprint density at radius 1 is 1.28 bits per heavy atom. The molecule has 0 unspecified atom stereocenters. The summed E-state index contributed by atoms with van der Waals surface area (Å²) in [4.78, 5) is 29.7. The average Bonchev–Trinajstić information content (AvgIpc) is 2.59. The van der Waals surface area contributed by atoms with Crippen LogP contribution in [0, 0.1) is 0 Å². The zero-order chi connectivity index (χ0) is 18.4. The van der Waals surface area contributed by atoms with Crippen LogP contribution in [-0.2, 0) is 4.79 Å². The third kappa shape index (κ3) is 4.84. The molecule has 1 heterocycles. The van der Waals surface area contributed by atoms with Crippen LogP contribution < -0.4 is 10.9 Å². The van der Waals surface area contributed by atoms with E-state index in [4.69, 9.17) is 0 Å². The second kappa shape index (κ2) is 9.04. The van der Waals surface area contributed by atoms with Crippen molar-refractivity contribution in [2.75, 3.05) is 5.75 Å². The van der Waals surface area contributed by atoms with E-state index in [1.165, 1.54) is 11.8 Å². The molecular formula is C19H27N3O2S. The van der Waals surface area contributed by atoms with Crippen molar-refractivity contribution in [3.63, 3.8) is 0 Å². The molecule has 0 aliphatic carbocycles. The predicted molar refractivity (Wildman–Crippen MR) is 104 cm³/mol. The molecule has 1 N–H and O–H groups in total. The molecule has 136 valence electrons. The fourth-order valence-corrected chi connectivity index (χ4v) is 3.66. The minimum Gasteiger partial charge on any atom is -0.353 e. The smallest absolute Gasteiger partial charge is 0.262 e. The molecule has 6 heteroatoms. The number of carbonyl (C=O) groups is 1. The minimum atomic E-state index is -0.0396. The number of fused-ring (bicyclic) bond motifs is 1. The number of aromatic nitrogens is 2. The van der Waals surface area contributed by atoms with Gasteiger partial charge in [-0.15, -0.1) is 0 Å². The number of thioether (sulfide) groups is 1. The number of hydrogen-bond acceptors (Lipinski definition) is 4. The van der Waals surface area contributed by atoms with E-state index in [-0.39, 0.29) is 29.3 Å². The van der Waals surface area contributed by atoms with Gasteiger partial charge < -0.3 is 5.32 Å². The van der Waals surface area contributed by atoms with Gasteiger partial charge in [0.2, 0.25) is 5.91 Å². The molecule has 0 radical (unpaired) electrons. The highest BCUT2D eigenvalue weighted by Gasteiger charge is 2.17. The number of para-hydroxylation sites is 1. The van der Waals surface area contributed by atoms with Gasteiger partial charge in [0, 0.05) is 12.1 Å². The van der Waals surface area contributed by atoms with Gasteiger partial charge in [0.25, 0.3) is 5.56 Å². The number of benzene rings is 1. The molecule has 0 aliphatic rings. The maximum atomic E-state index is 12.9. The SMILES string of the molecule is CCC[C@H](C)NC(=O)CSc1nc2ccccc2c(=O)n1[C@H](C)CC. The van der Waals surface area contributed by atoms with Crippen molar-refractivity contribution in [1.29, 1.82) is 0 Å². The van der Waals surface area contributed by atoms with Crippen LogP contribution in [0.3, 0.4) is 0 Å². The number of nitrogens with one attached hydrogen (secondary N) is 1. The molecule has 1 aromatic heterocycles. The summed E-state index contributed by atoms with van der Waals surface area (Å²) in [6.07, 6.45) is 2.82. The number of rotatable bonds is 8. The highest BCUT2D eigenvalue weighted by molar-refractivity contribution is 7.99. The van der Waals surface area contributed by atoms with E-state index in [0.717, 1.165) is 19.3 Å². The largest absolute Gasteiger partial charge is 0.353 e. The zero-order valence-electron chi connectivity index (χ0n) is 15.4. The average molecular weight is 362 g/mol. The molecule has 2 rings (SSSR count). The Kier molecular flexibility index (Phi) is 7.05. The first-order valence-corrected chi connectivity index (χ1v) is 9.89. The predicted octanol–water partition coefficient (Wildman–Crippen LogP) is 3.76. The lowest BCUT2D eigenvalue weighted by Gasteiger charge is -2.18. The van der Waals surface area contributed by atoms with Crippen LogP contribution in [0.2, 0.25) is 0 Å². The van der Waals surface area contributed by atoms with Crippen molar-refractivity contribution in [3.8, 4) is 0 Å². The van der Waals surface area contributed by atoms with Gasteiger partial charge in [0.05, 0.1) is 16.7 Å². The molecule has 2 atom stereocenters. The molecule has 0 spiro atoms. The Morgan fingerprint density at radius 2 is 2.00 bits per heavy atom. The fraction of sp³-hybridized carbons (Fsp3) is 0.526. The van der Waals surface area contributed by atoms with E-state index >= 15 is 0 Å². The zero-order valence-corrected chi connectivity index (χ0v) is 16.2. The van der Waals surface area contributed by atoms with Crippen molar-refractivity contribution < 1.29 is 4.79 Å². The molecule has 1 aromatic carbocycles. The molecule has 5 nitrogen and oxygen atoms in total. The van der Waals surface area contributed by atoms with Gasteiger partial charge in [-0.25, -0.2) is 4.98 Å². The lowest BCUT2D eigenvalue weighted by Crippen LogP contribution is -2.34. The van der Waals surface area contributed by atoms with Gasteiger partial charge in [-0.2, -0.15) is 0 Å². The second-order valence-electron chi connectivity index (χ2n) is 6.39. The third-order valence-corrected chi connectivity index (χ3v) is 5.22. The van der Waals surface area contributed by atoms with E-state index in [1.807, 2.05) is 39.0 Å². The fourth-order valence-electron chi connectivity index (χ4n) is 2.75. The van der Waals surface area contributed by atoms with Gasteiger partial charge in [0.15, 0.2) is 5.16 Å². The normalized spacial score (nSPS) is 13.6. The first-order chi connectivity index (χ1) is 12.0. The molecule has 0 saturated heterocycles. The number of nitrogens with zero attached hydrogens (tertiary/aromatic N) is 2. The maximum Gasteiger partial charge on any atom is 0.262 e. The van der Waals surface area contributed by atoms with Crippen molar-refractivity contribution in [3.05, 3.63) is 34.6 Å². The van der Waals surface area contributed by atoms with Crippen LogP contribution in [0.4, 0.5) is 0 Å². The van der Waals surface area contributed by atoms with Crippen LogP contribution in [0.1, 0.15) is 53.0 Å². The van der Waals surface area contributed by atoms with E-state index in [2.05, 4.69) is 17.2 Å². The third-order valence-electron chi connectivity index (χ3n) is 4.27. The highest BCUT2D eigenvalue weighted by atomic mass is 32.2. The molecule has 0 fully saturated rings. The number of carbonyl (C=O) groups excluding carboxylic acids is 1. The van der Waals surface area contributed by atoms with E-state index < -0.39 is 0 Å². The summed E-state index contributed by atoms with van der Waals surface area (Å²) >= 11 is 1.33. The molecular weight excluding hydrogens is 334 g/mol. The number of amides is 1. The molecule has 0 saturated carbocycles. The summed E-state index contributed by atoms with van der Waals surface area (Å²) in [6, 6.07) is 7.56. The minimum absolute atomic E-state index is 0.0240. The molecule has 1 amide bonds. The lowest BCUT2D eigenvalue weighted by atomic mass is 10.2. The molecule has 2 aromatic rings. The Balaban J connectivity index is 2.27.